The Morgan fingerprint density at radius 3 is 3.18 bits per heavy atom. The molecule has 0 radical (unpaired) electrons. The molecule has 0 N–H and O–H groups in total. The lowest BCUT2D eigenvalue weighted by Gasteiger charge is -2.14. The summed E-state index contributed by atoms with van der Waals surface area (Å²) in [4.78, 5) is 23.9. The number of aromatic nitrogens is 4. The van der Waals surface area contributed by atoms with Crippen molar-refractivity contribution in [2.75, 3.05) is 13.1 Å². The molecule has 1 aliphatic rings. The number of likely N-dealkylation sites (tertiary alicyclic amines) is 1. The molecule has 4 heterocycles. The zero-order valence-corrected chi connectivity index (χ0v) is 12.9. The van der Waals surface area contributed by atoms with Gasteiger partial charge in [-0.1, -0.05) is 5.16 Å². The van der Waals surface area contributed by atoms with Gasteiger partial charge in [-0.3, -0.25) is 9.20 Å². The van der Waals surface area contributed by atoms with Gasteiger partial charge < -0.3 is 9.42 Å². The van der Waals surface area contributed by atoms with Crippen LogP contribution in [0.3, 0.4) is 0 Å². The van der Waals surface area contributed by atoms with Crippen LogP contribution in [0.5, 0.6) is 0 Å². The summed E-state index contributed by atoms with van der Waals surface area (Å²) in [5.74, 6) is 1.52. The van der Waals surface area contributed by atoms with Crippen LogP contribution in [-0.4, -0.2) is 43.4 Å². The average Bonchev–Trinajstić information content (AvgIpc) is 3.19. The van der Waals surface area contributed by atoms with E-state index in [2.05, 4.69) is 15.1 Å². The van der Waals surface area contributed by atoms with Crippen molar-refractivity contribution in [3.05, 3.63) is 35.2 Å². The number of imidazole rings is 1. The summed E-state index contributed by atoms with van der Waals surface area (Å²) < 4.78 is 7.16. The Morgan fingerprint density at radius 1 is 1.50 bits per heavy atom. The first-order chi connectivity index (χ1) is 10.7. The van der Waals surface area contributed by atoms with E-state index in [0.717, 1.165) is 23.6 Å². The average molecular weight is 317 g/mol. The van der Waals surface area contributed by atoms with E-state index in [-0.39, 0.29) is 11.8 Å². The number of thiazole rings is 1. The molecule has 0 bridgehead atoms. The zero-order valence-electron chi connectivity index (χ0n) is 12.1. The quantitative estimate of drug-likeness (QED) is 0.734. The molecule has 1 saturated heterocycles. The molecule has 3 aromatic heterocycles. The summed E-state index contributed by atoms with van der Waals surface area (Å²) in [6, 6.07) is 0. The molecule has 1 unspecified atom stereocenters. The topological polar surface area (TPSA) is 76.5 Å². The van der Waals surface area contributed by atoms with Gasteiger partial charge in [-0.15, -0.1) is 11.3 Å². The van der Waals surface area contributed by atoms with Gasteiger partial charge in [0.25, 0.3) is 0 Å². The third kappa shape index (κ3) is 2.39. The number of aryl methyl sites for hydroxylation is 1. The first kappa shape index (κ1) is 13.4. The van der Waals surface area contributed by atoms with E-state index in [1.165, 1.54) is 0 Å². The largest absolute Gasteiger partial charge is 0.342 e. The van der Waals surface area contributed by atoms with Crippen LogP contribution in [0.15, 0.2) is 22.3 Å². The molecule has 0 aliphatic carbocycles. The maximum Gasteiger partial charge on any atom is 0.231 e. The molecule has 114 valence electrons. The Hall–Kier alpha value is -2.22. The number of hydrogen-bond donors (Lipinski definition) is 0. The fraction of sp³-hybridized carbons (Fsp3) is 0.429. The summed E-state index contributed by atoms with van der Waals surface area (Å²) >= 11 is 1.57. The molecular formula is C14H15N5O2S. The van der Waals surface area contributed by atoms with Crippen molar-refractivity contribution in [2.45, 2.75) is 25.7 Å². The monoisotopic (exact) mass is 317 g/mol. The lowest BCUT2D eigenvalue weighted by molar-refractivity contribution is -0.129. The molecule has 1 amide bonds. The molecule has 0 saturated carbocycles. The number of fused-ring (bicyclic) bond motifs is 1. The number of carbonyl (C=O) groups excluding carboxylic acids is 1. The highest BCUT2D eigenvalue weighted by molar-refractivity contribution is 7.15. The van der Waals surface area contributed by atoms with E-state index < -0.39 is 0 Å². The summed E-state index contributed by atoms with van der Waals surface area (Å²) in [5, 5.41) is 5.79. The SMILES string of the molecule is Cc1noc(C2CCN(C(=O)Cc3cn4ccsc4n3)C2)n1. The van der Waals surface area contributed by atoms with Gasteiger partial charge >= 0.3 is 0 Å². The van der Waals surface area contributed by atoms with Gasteiger partial charge in [0.05, 0.1) is 18.0 Å². The van der Waals surface area contributed by atoms with Crippen molar-refractivity contribution in [1.82, 2.24) is 24.4 Å². The first-order valence-electron chi connectivity index (χ1n) is 7.18. The van der Waals surface area contributed by atoms with Gasteiger partial charge in [0.1, 0.15) is 0 Å². The van der Waals surface area contributed by atoms with E-state index in [9.17, 15) is 4.79 Å². The first-order valence-corrected chi connectivity index (χ1v) is 8.06. The normalized spacial score (nSPS) is 18.4. The van der Waals surface area contributed by atoms with E-state index in [0.29, 0.717) is 24.7 Å². The van der Waals surface area contributed by atoms with Crippen molar-refractivity contribution in [1.29, 1.82) is 0 Å². The van der Waals surface area contributed by atoms with Crippen molar-refractivity contribution in [2.24, 2.45) is 0 Å². The fourth-order valence-electron chi connectivity index (χ4n) is 2.80. The number of rotatable bonds is 3. The molecule has 4 rings (SSSR count). The zero-order chi connectivity index (χ0) is 15.1. The van der Waals surface area contributed by atoms with Gasteiger partial charge in [-0.25, -0.2) is 4.98 Å². The summed E-state index contributed by atoms with van der Waals surface area (Å²) in [7, 11) is 0. The van der Waals surface area contributed by atoms with E-state index >= 15 is 0 Å². The van der Waals surface area contributed by atoms with E-state index in [1.54, 1.807) is 18.3 Å². The van der Waals surface area contributed by atoms with Gasteiger partial charge in [0, 0.05) is 30.9 Å². The maximum absolute atomic E-state index is 12.4. The Bertz CT molecular complexity index is 792. The molecule has 1 aliphatic heterocycles. The highest BCUT2D eigenvalue weighted by Crippen LogP contribution is 2.26. The van der Waals surface area contributed by atoms with Crippen LogP contribution in [-0.2, 0) is 11.2 Å². The molecule has 1 atom stereocenters. The fourth-order valence-corrected chi connectivity index (χ4v) is 3.51. The number of hydrogen-bond acceptors (Lipinski definition) is 6. The van der Waals surface area contributed by atoms with Crippen LogP contribution in [0.4, 0.5) is 0 Å². The van der Waals surface area contributed by atoms with Crippen LogP contribution in [0.1, 0.15) is 29.7 Å². The summed E-state index contributed by atoms with van der Waals surface area (Å²) in [5.41, 5.74) is 0.814. The smallest absolute Gasteiger partial charge is 0.231 e. The van der Waals surface area contributed by atoms with Gasteiger partial charge in [-0.05, 0) is 13.3 Å². The molecule has 8 heteroatoms. The van der Waals surface area contributed by atoms with E-state index in [1.807, 2.05) is 27.1 Å². The Labute approximate surface area is 130 Å². The highest BCUT2D eigenvalue weighted by atomic mass is 32.1. The van der Waals surface area contributed by atoms with E-state index in [4.69, 9.17) is 4.52 Å². The van der Waals surface area contributed by atoms with Gasteiger partial charge in [0.15, 0.2) is 10.8 Å². The number of amides is 1. The summed E-state index contributed by atoms with van der Waals surface area (Å²) in [6.45, 7) is 3.17. The molecule has 0 aromatic carbocycles. The van der Waals surface area contributed by atoms with Crippen molar-refractivity contribution >= 4 is 22.2 Å². The Balaban J connectivity index is 1.42. The molecular weight excluding hydrogens is 302 g/mol. The molecule has 0 spiro atoms. The molecule has 3 aromatic rings. The van der Waals surface area contributed by atoms with Crippen molar-refractivity contribution in [3.63, 3.8) is 0 Å². The maximum atomic E-state index is 12.4. The predicted molar refractivity (Wildman–Crippen MR) is 79.7 cm³/mol. The van der Waals surface area contributed by atoms with Crippen LogP contribution >= 0.6 is 11.3 Å². The third-order valence-corrected chi connectivity index (χ3v) is 4.68. The van der Waals surface area contributed by atoms with Crippen molar-refractivity contribution in [3.8, 4) is 0 Å². The minimum atomic E-state index is 0.101. The van der Waals surface area contributed by atoms with Crippen LogP contribution in [0.25, 0.3) is 4.96 Å². The van der Waals surface area contributed by atoms with Crippen LogP contribution in [0, 0.1) is 6.92 Å². The second-order valence-electron chi connectivity index (χ2n) is 5.51. The Morgan fingerprint density at radius 2 is 2.41 bits per heavy atom. The molecule has 22 heavy (non-hydrogen) atoms. The second-order valence-corrected chi connectivity index (χ2v) is 6.38. The number of carbonyl (C=O) groups is 1. The van der Waals surface area contributed by atoms with Crippen LogP contribution < -0.4 is 0 Å². The summed E-state index contributed by atoms with van der Waals surface area (Å²) in [6.07, 6.45) is 5.07. The lowest BCUT2D eigenvalue weighted by Crippen LogP contribution is -2.30. The molecule has 1 fully saturated rings. The van der Waals surface area contributed by atoms with Gasteiger partial charge in [-0.2, -0.15) is 4.98 Å². The van der Waals surface area contributed by atoms with Crippen LogP contribution in [0.2, 0.25) is 0 Å². The van der Waals surface area contributed by atoms with Gasteiger partial charge in [0.2, 0.25) is 11.8 Å². The third-order valence-electron chi connectivity index (χ3n) is 3.91. The van der Waals surface area contributed by atoms with Crippen molar-refractivity contribution < 1.29 is 9.32 Å². The lowest BCUT2D eigenvalue weighted by atomic mass is 10.1. The minimum Gasteiger partial charge on any atom is -0.342 e. The Kier molecular flexibility index (Phi) is 3.18. The highest BCUT2D eigenvalue weighted by Gasteiger charge is 2.31. The standard InChI is InChI=1S/C14H15N5O2S/c1-9-15-13(21-17-9)10-2-3-18(7-10)12(20)6-11-8-19-4-5-22-14(19)16-11/h4-5,8,10H,2-3,6-7H2,1H3. The predicted octanol–water partition coefficient (Wildman–Crippen LogP) is 1.65. The second kappa shape index (κ2) is 5.20. The molecule has 7 nitrogen and oxygen atoms in total. The number of nitrogens with zero attached hydrogens (tertiary/aromatic N) is 5. The minimum absolute atomic E-state index is 0.101.